The second kappa shape index (κ2) is 7.96. The van der Waals surface area contributed by atoms with Gasteiger partial charge in [0, 0.05) is 12.6 Å². The molecule has 0 saturated heterocycles. The lowest BCUT2D eigenvalue weighted by atomic mass is 10.1. The van der Waals surface area contributed by atoms with Crippen molar-refractivity contribution >= 4 is 23.3 Å². The van der Waals surface area contributed by atoms with Crippen LogP contribution in [0.4, 0.5) is 5.69 Å². The molecule has 0 saturated carbocycles. The molecule has 0 aliphatic heterocycles. The Morgan fingerprint density at radius 3 is 2.50 bits per heavy atom. The molecule has 0 atom stereocenters. The van der Waals surface area contributed by atoms with Crippen molar-refractivity contribution in [2.45, 2.75) is 20.5 Å². The Bertz CT molecular complexity index is 747. The SMILES string of the molecule is COC(=O)c1ccoc1CO/N=C(\C)c1ccc(NC(C)=O)cc1. The lowest BCUT2D eigenvalue weighted by Crippen LogP contribution is -2.06. The molecule has 2 aromatic rings. The Kier molecular flexibility index (Phi) is 5.73. The van der Waals surface area contributed by atoms with Gasteiger partial charge in [-0.25, -0.2) is 4.79 Å². The van der Waals surface area contributed by atoms with Gasteiger partial charge in [0.1, 0.15) is 5.56 Å². The molecular weight excluding hydrogens is 312 g/mol. The largest absolute Gasteiger partial charge is 0.465 e. The second-order valence-electron chi connectivity index (χ2n) is 4.96. The van der Waals surface area contributed by atoms with E-state index in [1.165, 1.54) is 26.4 Å². The van der Waals surface area contributed by atoms with Crippen molar-refractivity contribution in [1.82, 2.24) is 0 Å². The number of ether oxygens (including phenoxy) is 1. The van der Waals surface area contributed by atoms with E-state index in [2.05, 4.69) is 15.2 Å². The number of oxime groups is 1. The standard InChI is InChI=1S/C17H18N2O5/c1-11(13-4-6-14(7-5-13)18-12(2)20)19-24-10-16-15(8-9-23-16)17(21)22-3/h4-9H,10H2,1-3H3,(H,18,20)/b19-11+. The van der Waals surface area contributed by atoms with Gasteiger partial charge in [0.25, 0.3) is 0 Å². The Balaban J connectivity index is 1.98. The molecule has 0 unspecified atom stereocenters. The van der Waals surface area contributed by atoms with E-state index in [0.717, 1.165) is 5.56 Å². The van der Waals surface area contributed by atoms with Crippen LogP contribution in [-0.2, 0) is 21.0 Å². The number of hydrogen-bond acceptors (Lipinski definition) is 6. The van der Waals surface area contributed by atoms with E-state index in [4.69, 9.17) is 9.25 Å². The van der Waals surface area contributed by atoms with Crippen LogP contribution in [0.3, 0.4) is 0 Å². The highest BCUT2D eigenvalue weighted by Crippen LogP contribution is 2.14. The molecule has 1 amide bonds. The maximum Gasteiger partial charge on any atom is 0.341 e. The first-order valence-electron chi connectivity index (χ1n) is 7.20. The fourth-order valence-corrected chi connectivity index (χ4v) is 1.98. The van der Waals surface area contributed by atoms with Crippen molar-refractivity contribution in [2.24, 2.45) is 5.16 Å². The van der Waals surface area contributed by atoms with E-state index < -0.39 is 5.97 Å². The summed E-state index contributed by atoms with van der Waals surface area (Å²) in [5, 5.41) is 6.69. The minimum Gasteiger partial charge on any atom is -0.465 e. The molecule has 0 bridgehead atoms. The van der Waals surface area contributed by atoms with Gasteiger partial charge in [-0.2, -0.15) is 0 Å². The molecule has 2 rings (SSSR count). The first-order valence-corrected chi connectivity index (χ1v) is 7.20. The van der Waals surface area contributed by atoms with Gasteiger partial charge in [-0.3, -0.25) is 4.79 Å². The number of furan rings is 1. The third kappa shape index (κ3) is 4.45. The van der Waals surface area contributed by atoms with Crippen LogP contribution in [-0.4, -0.2) is 24.7 Å². The van der Waals surface area contributed by atoms with Crippen LogP contribution in [0.5, 0.6) is 0 Å². The zero-order valence-electron chi connectivity index (χ0n) is 13.7. The molecule has 0 spiro atoms. The van der Waals surface area contributed by atoms with Crippen LogP contribution in [0.25, 0.3) is 0 Å². The number of benzene rings is 1. The summed E-state index contributed by atoms with van der Waals surface area (Å²) >= 11 is 0. The molecule has 0 radical (unpaired) electrons. The molecule has 0 aliphatic carbocycles. The number of nitrogens with zero attached hydrogens (tertiary/aromatic N) is 1. The lowest BCUT2D eigenvalue weighted by Gasteiger charge is -2.05. The highest BCUT2D eigenvalue weighted by Gasteiger charge is 2.15. The third-order valence-corrected chi connectivity index (χ3v) is 3.17. The van der Waals surface area contributed by atoms with Crippen molar-refractivity contribution in [3.05, 3.63) is 53.5 Å². The van der Waals surface area contributed by atoms with Gasteiger partial charge < -0.3 is 19.3 Å². The van der Waals surface area contributed by atoms with Crippen LogP contribution in [0.15, 0.2) is 46.2 Å². The summed E-state index contributed by atoms with van der Waals surface area (Å²) in [4.78, 5) is 27.7. The Morgan fingerprint density at radius 1 is 1.17 bits per heavy atom. The molecule has 7 nitrogen and oxygen atoms in total. The topological polar surface area (TPSA) is 90.1 Å². The Hall–Kier alpha value is -3.09. The van der Waals surface area contributed by atoms with E-state index in [-0.39, 0.29) is 12.5 Å². The second-order valence-corrected chi connectivity index (χ2v) is 4.96. The van der Waals surface area contributed by atoms with E-state index in [1.807, 2.05) is 12.1 Å². The van der Waals surface area contributed by atoms with Crippen LogP contribution in [0.1, 0.15) is 35.5 Å². The monoisotopic (exact) mass is 330 g/mol. The van der Waals surface area contributed by atoms with Gasteiger partial charge >= 0.3 is 5.97 Å². The van der Waals surface area contributed by atoms with Crippen LogP contribution >= 0.6 is 0 Å². The number of anilines is 1. The number of hydrogen-bond donors (Lipinski definition) is 1. The number of rotatable bonds is 6. The smallest absolute Gasteiger partial charge is 0.341 e. The molecular formula is C17H18N2O5. The van der Waals surface area contributed by atoms with E-state index in [9.17, 15) is 9.59 Å². The minimum absolute atomic E-state index is 0.0126. The molecule has 1 aromatic heterocycles. The van der Waals surface area contributed by atoms with Crippen LogP contribution in [0.2, 0.25) is 0 Å². The van der Waals surface area contributed by atoms with Gasteiger partial charge in [0.2, 0.25) is 5.91 Å². The van der Waals surface area contributed by atoms with Crippen molar-refractivity contribution < 1.29 is 23.6 Å². The number of amides is 1. The Morgan fingerprint density at radius 2 is 1.88 bits per heavy atom. The maximum absolute atomic E-state index is 11.5. The summed E-state index contributed by atoms with van der Waals surface area (Å²) in [6.45, 7) is 3.25. The lowest BCUT2D eigenvalue weighted by molar-refractivity contribution is -0.114. The number of carbonyl (C=O) groups is 2. The zero-order valence-corrected chi connectivity index (χ0v) is 13.7. The van der Waals surface area contributed by atoms with Crippen molar-refractivity contribution in [3.63, 3.8) is 0 Å². The summed E-state index contributed by atoms with van der Waals surface area (Å²) in [6, 6.07) is 8.71. The predicted molar refractivity (Wildman–Crippen MR) is 87.8 cm³/mol. The molecule has 7 heteroatoms. The molecule has 1 aromatic carbocycles. The van der Waals surface area contributed by atoms with Gasteiger partial charge in [-0.15, -0.1) is 0 Å². The molecule has 0 aliphatic rings. The van der Waals surface area contributed by atoms with Gasteiger partial charge in [-0.1, -0.05) is 17.3 Å². The van der Waals surface area contributed by atoms with E-state index in [0.29, 0.717) is 22.7 Å². The van der Waals surface area contributed by atoms with E-state index in [1.54, 1.807) is 19.1 Å². The van der Waals surface area contributed by atoms with E-state index >= 15 is 0 Å². The van der Waals surface area contributed by atoms with Crippen molar-refractivity contribution in [1.29, 1.82) is 0 Å². The molecule has 1 heterocycles. The first-order chi connectivity index (χ1) is 11.5. The summed E-state index contributed by atoms with van der Waals surface area (Å²) in [5.41, 5.74) is 2.51. The molecule has 0 fully saturated rings. The summed E-state index contributed by atoms with van der Waals surface area (Å²) in [7, 11) is 1.30. The van der Waals surface area contributed by atoms with Gasteiger partial charge in [0.05, 0.1) is 19.1 Å². The zero-order chi connectivity index (χ0) is 17.5. The summed E-state index contributed by atoms with van der Waals surface area (Å²) in [6.07, 6.45) is 1.39. The first kappa shape index (κ1) is 17.3. The van der Waals surface area contributed by atoms with Crippen molar-refractivity contribution in [2.75, 3.05) is 12.4 Å². The highest BCUT2D eigenvalue weighted by molar-refractivity contribution is 5.99. The average molecular weight is 330 g/mol. The molecule has 24 heavy (non-hydrogen) atoms. The number of carbonyl (C=O) groups excluding carboxylic acids is 2. The maximum atomic E-state index is 11.5. The molecule has 1 N–H and O–H groups in total. The van der Waals surface area contributed by atoms with Crippen LogP contribution in [0, 0.1) is 0 Å². The minimum atomic E-state index is -0.489. The fourth-order valence-electron chi connectivity index (χ4n) is 1.98. The number of esters is 1. The summed E-state index contributed by atoms with van der Waals surface area (Å²) < 4.78 is 9.84. The van der Waals surface area contributed by atoms with Gasteiger partial charge in [-0.05, 0) is 30.7 Å². The summed E-state index contributed by atoms with van der Waals surface area (Å²) in [5.74, 6) is -0.271. The fraction of sp³-hybridized carbons (Fsp3) is 0.235. The normalized spacial score (nSPS) is 11.0. The van der Waals surface area contributed by atoms with Crippen LogP contribution < -0.4 is 5.32 Å². The number of nitrogens with one attached hydrogen (secondary N) is 1. The average Bonchev–Trinajstić information content (AvgIpc) is 3.02. The van der Waals surface area contributed by atoms with Crippen molar-refractivity contribution in [3.8, 4) is 0 Å². The highest BCUT2D eigenvalue weighted by atomic mass is 16.6. The third-order valence-electron chi connectivity index (χ3n) is 3.17. The quantitative estimate of drug-likeness (QED) is 0.499. The molecule has 126 valence electrons. The Labute approximate surface area is 139 Å². The van der Waals surface area contributed by atoms with Gasteiger partial charge in [0.15, 0.2) is 12.4 Å². The predicted octanol–water partition coefficient (Wildman–Crippen LogP) is 2.97. The number of methoxy groups -OCH3 is 1.